The Balaban J connectivity index is 1.65. The Labute approximate surface area is 156 Å². The van der Waals surface area contributed by atoms with Crippen LogP contribution in [0.15, 0.2) is 35.9 Å². The molecule has 0 aliphatic carbocycles. The third kappa shape index (κ3) is 5.17. The first-order chi connectivity index (χ1) is 12.5. The van der Waals surface area contributed by atoms with Crippen LogP contribution in [0.3, 0.4) is 0 Å². The van der Waals surface area contributed by atoms with Crippen molar-refractivity contribution in [3.8, 4) is 5.75 Å². The fourth-order valence-electron chi connectivity index (χ4n) is 3.72. The van der Waals surface area contributed by atoms with Gasteiger partial charge in [0, 0.05) is 6.04 Å². The fourth-order valence-corrected chi connectivity index (χ4v) is 3.72. The Kier molecular flexibility index (Phi) is 5.14. The molecule has 3 rings (SSSR count). The number of hydrogen-bond acceptors (Lipinski definition) is 3. The van der Waals surface area contributed by atoms with Gasteiger partial charge in [0.15, 0.2) is 0 Å². The second-order valence-electron chi connectivity index (χ2n) is 8.08. The van der Waals surface area contributed by atoms with Crippen molar-refractivity contribution < 1.29 is 27.4 Å². The average Bonchev–Trinajstić information content (AvgIpc) is 2.78. The number of fused-ring (bicyclic) bond motifs is 2. The van der Waals surface area contributed by atoms with Gasteiger partial charge in [-0.05, 0) is 64.2 Å². The van der Waals surface area contributed by atoms with Crippen LogP contribution in [-0.4, -0.2) is 35.0 Å². The maximum Gasteiger partial charge on any atom is 0.573 e. The molecular weight excluding hydrogens is 359 g/mol. The Morgan fingerprint density at radius 3 is 2.37 bits per heavy atom. The van der Waals surface area contributed by atoms with Gasteiger partial charge in [-0.2, -0.15) is 0 Å². The number of halogens is 3. The van der Waals surface area contributed by atoms with E-state index in [0.717, 1.165) is 24.8 Å². The van der Waals surface area contributed by atoms with Crippen LogP contribution in [0.25, 0.3) is 0 Å². The third-order valence-electron chi connectivity index (χ3n) is 4.66. The molecule has 4 nitrogen and oxygen atoms in total. The van der Waals surface area contributed by atoms with Gasteiger partial charge in [-0.25, -0.2) is 4.79 Å². The van der Waals surface area contributed by atoms with Crippen molar-refractivity contribution in [1.82, 2.24) is 4.90 Å². The number of rotatable bonds is 3. The van der Waals surface area contributed by atoms with Crippen LogP contribution >= 0.6 is 0 Å². The van der Waals surface area contributed by atoms with Crippen molar-refractivity contribution in [3.05, 3.63) is 41.5 Å². The molecule has 0 saturated carbocycles. The normalized spacial score (nSPS) is 22.4. The number of ether oxygens (including phenoxy) is 2. The van der Waals surface area contributed by atoms with Crippen LogP contribution in [0.1, 0.15) is 45.6 Å². The highest BCUT2D eigenvalue weighted by Gasteiger charge is 2.41. The molecule has 1 fully saturated rings. The molecule has 148 valence electrons. The van der Waals surface area contributed by atoms with E-state index in [-0.39, 0.29) is 23.9 Å². The van der Waals surface area contributed by atoms with Gasteiger partial charge in [-0.15, -0.1) is 13.2 Å². The first-order valence-electron chi connectivity index (χ1n) is 9.06. The largest absolute Gasteiger partial charge is 0.573 e. The van der Waals surface area contributed by atoms with Gasteiger partial charge in [0.2, 0.25) is 0 Å². The first kappa shape index (κ1) is 19.6. The minimum Gasteiger partial charge on any atom is -0.444 e. The summed E-state index contributed by atoms with van der Waals surface area (Å²) in [5.74, 6) is -0.222. The first-order valence-corrected chi connectivity index (χ1v) is 9.06. The van der Waals surface area contributed by atoms with Crippen molar-refractivity contribution in [1.29, 1.82) is 0 Å². The maximum absolute atomic E-state index is 12.5. The fraction of sp³-hybridized carbons (Fsp3) is 0.550. The molecule has 2 heterocycles. The van der Waals surface area contributed by atoms with Crippen LogP contribution in [-0.2, 0) is 11.2 Å². The van der Waals surface area contributed by atoms with Gasteiger partial charge in [0.05, 0.1) is 6.04 Å². The lowest BCUT2D eigenvalue weighted by atomic mass is 9.95. The molecule has 2 atom stereocenters. The van der Waals surface area contributed by atoms with Gasteiger partial charge in [-0.1, -0.05) is 23.8 Å². The van der Waals surface area contributed by atoms with Gasteiger partial charge in [-0.3, -0.25) is 4.90 Å². The molecule has 1 aromatic rings. The van der Waals surface area contributed by atoms with E-state index in [1.54, 1.807) is 12.1 Å². The average molecular weight is 383 g/mol. The van der Waals surface area contributed by atoms with Crippen LogP contribution in [0.5, 0.6) is 5.75 Å². The molecule has 2 bridgehead atoms. The minimum absolute atomic E-state index is 0.0291. The number of hydrogen-bond donors (Lipinski definition) is 0. The minimum atomic E-state index is -4.68. The van der Waals surface area contributed by atoms with E-state index in [2.05, 4.69) is 10.8 Å². The van der Waals surface area contributed by atoms with E-state index < -0.39 is 12.0 Å². The molecule has 2 aliphatic rings. The molecule has 7 heteroatoms. The van der Waals surface area contributed by atoms with Crippen molar-refractivity contribution in [3.63, 3.8) is 0 Å². The van der Waals surface area contributed by atoms with E-state index in [1.807, 2.05) is 25.7 Å². The van der Waals surface area contributed by atoms with Crippen molar-refractivity contribution in [2.24, 2.45) is 0 Å². The van der Waals surface area contributed by atoms with Gasteiger partial charge < -0.3 is 9.47 Å². The zero-order chi connectivity index (χ0) is 19.8. The van der Waals surface area contributed by atoms with Crippen molar-refractivity contribution in [2.45, 2.75) is 70.5 Å². The zero-order valence-corrected chi connectivity index (χ0v) is 15.7. The molecule has 0 N–H and O–H groups in total. The molecule has 1 amide bonds. The standard InChI is InChI=1S/C20H24F3NO3/c1-19(2,3)27-18(25)24-15-6-7-16(24)12-14(11-15)10-13-4-8-17(9-5-13)26-20(21,22)23/h4-5,8-9,11,15-16H,6-7,10,12H2,1-3H3. The highest BCUT2D eigenvalue weighted by molar-refractivity contribution is 5.70. The number of benzene rings is 1. The van der Waals surface area contributed by atoms with Gasteiger partial charge >= 0.3 is 12.5 Å². The van der Waals surface area contributed by atoms with Crippen LogP contribution in [0.4, 0.5) is 18.0 Å². The molecule has 1 aromatic carbocycles. The van der Waals surface area contributed by atoms with E-state index in [0.29, 0.717) is 6.42 Å². The summed E-state index contributed by atoms with van der Waals surface area (Å²) in [6, 6.07) is 6.09. The smallest absolute Gasteiger partial charge is 0.444 e. The lowest BCUT2D eigenvalue weighted by Gasteiger charge is -2.35. The third-order valence-corrected chi connectivity index (χ3v) is 4.66. The lowest BCUT2D eigenvalue weighted by molar-refractivity contribution is -0.274. The molecule has 1 saturated heterocycles. The van der Waals surface area contributed by atoms with Crippen LogP contribution < -0.4 is 4.74 Å². The number of amides is 1. The second-order valence-corrected chi connectivity index (χ2v) is 8.08. The number of nitrogens with zero attached hydrogens (tertiary/aromatic N) is 1. The van der Waals surface area contributed by atoms with E-state index in [1.165, 1.54) is 17.7 Å². The predicted octanol–water partition coefficient (Wildman–Crippen LogP) is 5.23. The van der Waals surface area contributed by atoms with Crippen LogP contribution in [0.2, 0.25) is 0 Å². The number of carbonyl (C=O) groups excluding carboxylic acids is 1. The summed E-state index contributed by atoms with van der Waals surface area (Å²) in [5, 5.41) is 0. The quantitative estimate of drug-likeness (QED) is 0.671. The molecule has 0 aromatic heterocycles. The molecule has 2 aliphatic heterocycles. The Hall–Kier alpha value is -2.18. The Bertz CT molecular complexity index is 719. The topological polar surface area (TPSA) is 38.8 Å². The summed E-state index contributed by atoms with van der Waals surface area (Å²) in [7, 11) is 0. The summed E-state index contributed by atoms with van der Waals surface area (Å²) in [5.41, 5.74) is 1.59. The molecule has 27 heavy (non-hydrogen) atoms. The van der Waals surface area contributed by atoms with Crippen LogP contribution in [0, 0.1) is 0 Å². The second kappa shape index (κ2) is 7.09. The summed E-state index contributed by atoms with van der Waals surface area (Å²) >= 11 is 0. The number of alkyl halides is 3. The molecular formula is C20H24F3NO3. The van der Waals surface area contributed by atoms with E-state index in [4.69, 9.17) is 4.74 Å². The summed E-state index contributed by atoms with van der Waals surface area (Å²) < 4.78 is 46.1. The lowest BCUT2D eigenvalue weighted by Crippen LogP contribution is -2.45. The zero-order valence-electron chi connectivity index (χ0n) is 15.7. The number of carbonyl (C=O) groups is 1. The SMILES string of the molecule is CC(C)(C)OC(=O)N1C2C=C(Cc3ccc(OC(F)(F)F)cc3)CC1CC2. The van der Waals surface area contributed by atoms with E-state index >= 15 is 0 Å². The predicted molar refractivity (Wildman–Crippen MR) is 94.4 cm³/mol. The van der Waals surface area contributed by atoms with Crippen molar-refractivity contribution in [2.75, 3.05) is 0 Å². The Morgan fingerprint density at radius 1 is 1.15 bits per heavy atom. The molecule has 2 unspecified atom stereocenters. The highest BCUT2D eigenvalue weighted by Crippen LogP contribution is 2.37. The summed E-state index contributed by atoms with van der Waals surface area (Å²) in [4.78, 5) is 14.3. The van der Waals surface area contributed by atoms with E-state index in [9.17, 15) is 18.0 Å². The molecule has 0 spiro atoms. The Morgan fingerprint density at radius 2 is 1.81 bits per heavy atom. The summed E-state index contributed by atoms with van der Waals surface area (Å²) in [6.07, 6.45) is 0.399. The monoisotopic (exact) mass is 383 g/mol. The summed E-state index contributed by atoms with van der Waals surface area (Å²) in [6.45, 7) is 5.55. The van der Waals surface area contributed by atoms with Gasteiger partial charge in [0.25, 0.3) is 0 Å². The molecule has 0 radical (unpaired) electrons. The van der Waals surface area contributed by atoms with Crippen molar-refractivity contribution >= 4 is 6.09 Å². The highest BCUT2D eigenvalue weighted by atomic mass is 19.4. The van der Waals surface area contributed by atoms with Gasteiger partial charge in [0.1, 0.15) is 11.4 Å². The maximum atomic E-state index is 12.5.